The Hall–Kier alpha value is -3.54. The summed E-state index contributed by atoms with van der Waals surface area (Å²) < 4.78 is 82.1. The summed E-state index contributed by atoms with van der Waals surface area (Å²) in [6, 6.07) is 9.72. The number of anilines is 3. The molecule has 36 heavy (non-hydrogen) atoms. The summed E-state index contributed by atoms with van der Waals surface area (Å²) in [4.78, 5) is 8.62. The first-order chi connectivity index (χ1) is 16.7. The fraction of sp³-hybridized carbons (Fsp3) is 0.333. The Morgan fingerprint density at radius 3 is 2.31 bits per heavy atom. The molecule has 12 heteroatoms. The van der Waals surface area contributed by atoms with Gasteiger partial charge < -0.3 is 20.5 Å². The molecule has 0 amide bonds. The highest BCUT2D eigenvalue weighted by Crippen LogP contribution is 2.35. The smallest absolute Gasteiger partial charge is 0.406 e. The predicted molar refractivity (Wildman–Crippen MR) is 123 cm³/mol. The largest absolute Gasteiger partial charge is 0.573 e. The van der Waals surface area contributed by atoms with Gasteiger partial charge in [0.1, 0.15) is 11.6 Å². The van der Waals surface area contributed by atoms with E-state index in [1.807, 2.05) is 13.8 Å². The van der Waals surface area contributed by atoms with Gasteiger partial charge in [-0.3, -0.25) is 0 Å². The van der Waals surface area contributed by atoms with Gasteiger partial charge in [-0.1, -0.05) is 32.0 Å². The zero-order valence-electron chi connectivity index (χ0n) is 19.5. The third-order valence-electron chi connectivity index (χ3n) is 5.22. The molecule has 0 aliphatic heterocycles. The molecule has 0 spiro atoms. The Kier molecular flexibility index (Phi) is 7.97. The van der Waals surface area contributed by atoms with Gasteiger partial charge >= 0.3 is 12.5 Å². The fourth-order valence-electron chi connectivity index (χ4n) is 3.32. The Bertz CT molecular complexity index is 1200. The van der Waals surface area contributed by atoms with Gasteiger partial charge in [-0.05, 0) is 42.7 Å². The molecular weight excluding hydrogens is 490 g/mol. The number of ether oxygens (including phenoxy) is 1. The second-order valence-corrected chi connectivity index (χ2v) is 8.37. The van der Waals surface area contributed by atoms with Crippen LogP contribution < -0.4 is 15.4 Å². The first kappa shape index (κ1) is 27.1. The number of aromatic nitrogens is 2. The number of rotatable bonds is 8. The molecular formula is C24H24F6N4O2. The summed E-state index contributed by atoms with van der Waals surface area (Å²) in [5, 5.41) is 15.4. The molecule has 0 radical (unpaired) electrons. The van der Waals surface area contributed by atoms with Gasteiger partial charge in [-0.25, -0.2) is 4.98 Å². The van der Waals surface area contributed by atoms with Crippen LogP contribution in [0.5, 0.6) is 5.75 Å². The van der Waals surface area contributed by atoms with Crippen molar-refractivity contribution in [1.29, 1.82) is 0 Å². The number of hydrogen-bond donors (Lipinski definition) is 3. The second-order valence-electron chi connectivity index (χ2n) is 8.37. The summed E-state index contributed by atoms with van der Waals surface area (Å²) >= 11 is 0. The quantitative estimate of drug-likeness (QED) is 0.296. The van der Waals surface area contributed by atoms with Crippen molar-refractivity contribution in [3.8, 4) is 17.0 Å². The van der Waals surface area contributed by atoms with Gasteiger partial charge in [0.05, 0.1) is 23.9 Å². The molecule has 0 aliphatic rings. The van der Waals surface area contributed by atoms with E-state index in [1.54, 1.807) is 0 Å². The average Bonchev–Trinajstić information content (AvgIpc) is 2.76. The zero-order chi connectivity index (χ0) is 26.7. The van der Waals surface area contributed by atoms with E-state index in [9.17, 15) is 31.4 Å². The summed E-state index contributed by atoms with van der Waals surface area (Å²) in [5.41, 5.74) is -0.262. The van der Waals surface area contributed by atoms with Crippen LogP contribution in [0.3, 0.4) is 0 Å². The molecule has 3 aromatic rings. The molecule has 0 bridgehead atoms. The highest BCUT2D eigenvalue weighted by Gasteiger charge is 2.33. The van der Waals surface area contributed by atoms with Crippen LogP contribution in [0.1, 0.15) is 25.0 Å². The monoisotopic (exact) mass is 514 g/mol. The third kappa shape index (κ3) is 7.23. The number of hydrogen-bond acceptors (Lipinski definition) is 6. The standard InChI is InChI=1S/C24H24F6N4O2/c1-13(2)20(12-35)33-22-32-19(15-5-4-6-17(9-15)36-24(28,29)30)11-21(34-22)31-16-8-7-14(3)18(10-16)23(25,26)27/h4-11,13,20,35H,12H2,1-3H3,(H2,31,32,33,34)/t20-/m0/s1. The molecule has 1 aromatic heterocycles. The number of alkyl halides is 6. The Balaban J connectivity index is 2.04. The first-order valence-corrected chi connectivity index (χ1v) is 10.8. The maximum absolute atomic E-state index is 13.4. The van der Waals surface area contributed by atoms with Crippen molar-refractivity contribution in [3.63, 3.8) is 0 Å². The minimum atomic E-state index is -4.89. The van der Waals surface area contributed by atoms with Crippen LogP contribution in [0.25, 0.3) is 11.3 Å². The van der Waals surface area contributed by atoms with Crippen molar-refractivity contribution >= 4 is 17.5 Å². The summed E-state index contributed by atoms with van der Waals surface area (Å²) in [7, 11) is 0. The maximum Gasteiger partial charge on any atom is 0.573 e. The lowest BCUT2D eigenvalue weighted by Crippen LogP contribution is -2.30. The van der Waals surface area contributed by atoms with Crippen LogP contribution in [0.4, 0.5) is 43.8 Å². The summed E-state index contributed by atoms with van der Waals surface area (Å²) in [6.45, 7) is 4.78. The normalized spacial score (nSPS) is 13.0. The number of nitrogens with zero attached hydrogens (tertiary/aromatic N) is 2. The number of benzene rings is 2. The first-order valence-electron chi connectivity index (χ1n) is 10.8. The van der Waals surface area contributed by atoms with E-state index >= 15 is 0 Å². The van der Waals surface area contributed by atoms with E-state index in [2.05, 4.69) is 25.3 Å². The van der Waals surface area contributed by atoms with Crippen molar-refractivity contribution in [2.45, 2.75) is 39.4 Å². The molecule has 1 heterocycles. The van der Waals surface area contributed by atoms with Gasteiger partial charge in [-0.15, -0.1) is 13.2 Å². The lowest BCUT2D eigenvalue weighted by molar-refractivity contribution is -0.274. The second kappa shape index (κ2) is 10.6. The molecule has 0 saturated carbocycles. The summed E-state index contributed by atoms with van der Waals surface area (Å²) in [5.74, 6) is -0.393. The fourth-order valence-corrected chi connectivity index (χ4v) is 3.32. The van der Waals surface area contributed by atoms with E-state index in [0.29, 0.717) is 0 Å². The van der Waals surface area contributed by atoms with Crippen LogP contribution in [0.2, 0.25) is 0 Å². The molecule has 3 N–H and O–H groups in total. The number of aryl methyl sites for hydroxylation is 1. The summed E-state index contributed by atoms with van der Waals surface area (Å²) in [6.07, 6.45) is -9.45. The van der Waals surface area contributed by atoms with Gasteiger partial charge in [0, 0.05) is 17.3 Å². The lowest BCUT2D eigenvalue weighted by atomic mass is 10.1. The van der Waals surface area contributed by atoms with Crippen molar-refractivity contribution in [3.05, 3.63) is 59.7 Å². The average molecular weight is 514 g/mol. The Labute approximate surface area is 203 Å². The van der Waals surface area contributed by atoms with Crippen molar-refractivity contribution in [2.24, 2.45) is 5.92 Å². The molecule has 3 rings (SSSR count). The van der Waals surface area contributed by atoms with E-state index in [1.165, 1.54) is 37.3 Å². The number of nitrogens with one attached hydrogen (secondary N) is 2. The Morgan fingerprint density at radius 2 is 1.69 bits per heavy atom. The molecule has 0 saturated heterocycles. The van der Waals surface area contributed by atoms with Crippen molar-refractivity contribution in [1.82, 2.24) is 9.97 Å². The van der Waals surface area contributed by atoms with E-state index in [0.717, 1.165) is 18.2 Å². The van der Waals surface area contributed by atoms with Crippen molar-refractivity contribution < 1.29 is 36.2 Å². The van der Waals surface area contributed by atoms with Crippen LogP contribution in [-0.4, -0.2) is 34.1 Å². The zero-order valence-corrected chi connectivity index (χ0v) is 19.5. The van der Waals surface area contributed by atoms with Gasteiger partial charge in [-0.2, -0.15) is 18.2 Å². The van der Waals surface area contributed by atoms with Crippen LogP contribution in [0, 0.1) is 12.8 Å². The third-order valence-corrected chi connectivity index (χ3v) is 5.22. The molecule has 6 nitrogen and oxygen atoms in total. The predicted octanol–water partition coefficient (Wildman–Crippen LogP) is 6.54. The minimum absolute atomic E-state index is 0.0213. The van der Waals surface area contributed by atoms with Crippen LogP contribution in [-0.2, 0) is 6.18 Å². The van der Waals surface area contributed by atoms with Crippen molar-refractivity contribution in [2.75, 3.05) is 17.2 Å². The molecule has 194 valence electrons. The SMILES string of the molecule is Cc1ccc(Nc2cc(-c3cccc(OC(F)(F)F)c3)nc(N[C@@H](CO)C(C)C)n2)cc1C(F)(F)F. The van der Waals surface area contributed by atoms with Gasteiger partial charge in [0.2, 0.25) is 5.95 Å². The van der Waals surface area contributed by atoms with Gasteiger partial charge in [0.25, 0.3) is 0 Å². The van der Waals surface area contributed by atoms with Gasteiger partial charge in [0.15, 0.2) is 0 Å². The van der Waals surface area contributed by atoms with E-state index in [4.69, 9.17) is 0 Å². The number of aliphatic hydroxyl groups is 1. The minimum Gasteiger partial charge on any atom is -0.406 e. The number of aliphatic hydroxyl groups excluding tert-OH is 1. The highest BCUT2D eigenvalue weighted by atomic mass is 19.4. The molecule has 0 fully saturated rings. The molecule has 1 atom stereocenters. The number of halogens is 6. The molecule has 2 aromatic carbocycles. The van der Waals surface area contributed by atoms with Crippen LogP contribution in [0.15, 0.2) is 48.5 Å². The van der Waals surface area contributed by atoms with Crippen LogP contribution >= 0.6 is 0 Å². The lowest BCUT2D eigenvalue weighted by Gasteiger charge is -2.21. The van der Waals surface area contributed by atoms with E-state index in [-0.39, 0.29) is 46.8 Å². The molecule has 0 unspecified atom stereocenters. The highest BCUT2D eigenvalue weighted by molar-refractivity contribution is 5.69. The van der Waals surface area contributed by atoms with E-state index < -0.39 is 29.9 Å². The Morgan fingerprint density at radius 1 is 0.972 bits per heavy atom. The topological polar surface area (TPSA) is 79.3 Å². The molecule has 0 aliphatic carbocycles. The maximum atomic E-state index is 13.4.